The van der Waals surface area contributed by atoms with Gasteiger partial charge in [-0.2, -0.15) is 0 Å². The van der Waals surface area contributed by atoms with Crippen molar-refractivity contribution in [3.05, 3.63) is 42.0 Å². The Kier molecular flexibility index (Phi) is 11.1. The van der Waals surface area contributed by atoms with E-state index in [0.29, 0.717) is 42.3 Å². The zero-order valence-electron chi connectivity index (χ0n) is 18.9. The van der Waals surface area contributed by atoms with E-state index in [2.05, 4.69) is 6.92 Å². The molecule has 2 N–H and O–H groups in total. The average Bonchev–Trinajstić information content (AvgIpc) is 3.12. The highest BCUT2D eigenvalue weighted by molar-refractivity contribution is 5.75. The Hall–Kier alpha value is -3.24. The van der Waals surface area contributed by atoms with Crippen molar-refractivity contribution in [2.75, 3.05) is 26.9 Å². The van der Waals surface area contributed by atoms with Gasteiger partial charge in [0.15, 0.2) is 0 Å². The number of hydrogen-bond donors (Lipinski definition) is 2. The number of carbonyl (C=O) groups excluding carboxylic acids is 2. The van der Waals surface area contributed by atoms with Gasteiger partial charge in [0, 0.05) is 25.8 Å². The third-order valence-corrected chi connectivity index (χ3v) is 4.74. The van der Waals surface area contributed by atoms with Crippen LogP contribution in [0.5, 0.6) is 17.5 Å². The minimum Gasteiger partial charge on any atom is -0.492 e. The van der Waals surface area contributed by atoms with E-state index in [1.54, 1.807) is 31.4 Å². The Bertz CT molecular complexity index is 844. The summed E-state index contributed by atoms with van der Waals surface area (Å²) in [5.41, 5.74) is 0.627. The Morgan fingerprint density at radius 3 is 2.30 bits per heavy atom. The van der Waals surface area contributed by atoms with Gasteiger partial charge in [-0.1, -0.05) is 31.9 Å². The average molecular weight is 465 g/mol. The number of methoxy groups -OCH3 is 1. The largest absolute Gasteiger partial charge is 0.534 e. The summed E-state index contributed by atoms with van der Waals surface area (Å²) >= 11 is 0. The number of unbranched alkanes of at least 4 members (excludes halogenated alkanes) is 1. The Morgan fingerprint density at radius 1 is 0.970 bits per heavy atom. The van der Waals surface area contributed by atoms with Crippen LogP contribution in [0.3, 0.4) is 0 Å². The minimum absolute atomic E-state index is 0.117. The predicted molar refractivity (Wildman–Crippen MR) is 117 cm³/mol. The van der Waals surface area contributed by atoms with Crippen LogP contribution in [-0.4, -0.2) is 54.0 Å². The molecule has 1 aromatic carbocycles. The molecule has 1 heterocycles. The summed E-state index contributed by atoms with van der Waals surface area (Å²) < 4.78 is 21.4. The van der Waals surface area contributed by atoms with E-state index in [9.17, 15) is 19.8 Å². The highest BCUT2D eigenvalue weighted by atomic mass is 16.8. The van der Waals surface area contributed by atoms with Crippen LogP contribution in [0, 0.1) is 5.92 Å². The van der Waals surface area contributed by atoms with Gasteiger partial charge in [0.25, 0.3) is 0 Å². The van der Waals surface area contributed by atoms with E-state index in [-0.39, 0.29) is 18.5 Å². The van der Waals surface area contributed by atoms with E-state index >= 15 is 0 Å². The van der Waals surface area contributed by atoms with E-state index in [0.717, 1.165) is 31.4 Å². The molecule has 0 spiro atoms. The van der Waals surface area contributed by atoms with Gasteiger partial charge < -0.3 is 29.2 Å². The molecule has 0 aliphatic heterocycles. The standard InChI is InChI=1S/C23H31NO9/c1-3-4-5-18(12-13-30-15-14-29-2)22(27)32-19-8-6-17(7-9-19)16-31-23(28)33-24-20(25)10-11-21(24)26/h6-11,18,25-26H,3-5,12-16H2,1-2H3. The fourth-order valence-corrected chi connectivity index (χ4v) is 2.89. The molecular formula is C23H31NO9. The van der Waals surface area contributed by atoms with Crippen molar-refractivity contribution in [3.8, 4) is 17.5 Å². The molecule has 0 bridgehead atoms. The first-order valence-corrected chi connectivity index (χ1v) is 10.8. The molecule has 1 atom stereocenters. The summed E-state index contributed by atoms with van der Waals surface area (Å²) in [6.45, 7) is 3.40. The van der Waals surface area contributed by atoms with Crippen molar-refractivity contribution in [1.29, 1.82) is 0 Å². The number of benzene rings is 1. The Balaban J connectivity index is 1.81. The maximum atomic E-state index is 12.6. The smallest absolute Gasteiger partial charge is 0.492 e. The van der Waals surface area contributed by atoms with Gasteiger partial charge in [0.1, 0.15) is 12.4 Å². The van der Waals surface area contributed by atoms with E-state index < -0.39 is 17.9 Å². The second kappa shape index (κ2) is 14.0. The monoisotopic (exact) mass is 465 g/mol. The Labute approximate surface area is 192 Å². The van der Waals surface area contributed by atoms with Crippen LogP contribution in [0.2, 0.25) is 0 Å². The third-order valence-electron chi connectivity index (χ3n) is 4.74. The molecule has 182 valence electrons. The molecule has 0 amide bonds. The summed E-state index contributed by atoms with van der Waals surface area (Å²) in [6, 6.07) is 8.83. The highest BCUT2D eigenvalue weighted by Gasteiger charge is 2.20. The van der Waals surface area contributed by atoms with E-state index in [4.69, 9.17) is 23.8 Å². The van der Waals surface area contributed by atoms with Crippen molar-refractivity contribution in [2.45, 2.75) is 39.2 Å². The minimum atomic E-state index is -1.11. The van der Waals surface area contributed by atoms with Crippen LogP contribution in [-0.2, 0) is 25.6 Å². The zero-order valence-corrected chi connectivity index (χ0v) is 18.9. The van der Waals surface area contributed by atoms with Gasteiger partial charge in [-0.25, -0.2) is 4.79 Å². The topological polar surface area (TPSA) is 126 Å². The number of aromatic nitrogens is 1. The van der Waals surface area contributed by atoms with Gasteiger partial charge in [0.05, 0.1) is 19.1 Å². The first kappa shape index (κ1) is 26.0. The number of carbonyl (C=O) groups is 2. The van der Waals surface area contributed by atoms with Crippen molar-refractivity contribution < 1.29 is 43.6 Å². The summed E-state index contributed by atoms with van der Waals surface area (Å²) in [5, 5.41) is 18.9. The highest BCUT2D eigenvalue weighted by Crippen LogP contribution is 2.20. The fourth-order valence-electron chi connectivity index (χ4n) is 2.89. The van der Waals surface area contributed by atoms with Gasteiger partial charge >= 0.3 is 12.1 Å². The lowest BCUT2D eigenvalue weighted by Crippen LogP contribution is -2.22. The SMILES string of the molecule is CCCCC(CCOCCOC)C(=O)Oc1ccc(COC(=O)On2c(O)ccc2O)cc1. The lowest BCUT2D eigenvalue weighted by molar-refractivity contribution is -0.140. The number of aromatic hydroxyl groups is 2. The second-order valence-corrected chi connectivity index (χ2v) is 7.27. The maximum Gasteiger partial charge on any atom is 0.534 e. The molecule has 0 radical (unpaired) electrons. The predicted octanol–water partition coefficient (Wildman–Crippen LogP) is 3.43. The summed E-state index contributed by atoms with van der Waals surface area (Å²) in [4.78, 5) is 29.0. The molecular weight excluding hydrogens is 434 g/mol. The van der Waals surface area contributed by atoms with Crippen molar-refractivity contribution >= 4 is 12.1 Å². The molecule has 2 rings (SSSR count). The molecule has 10 nitrogen and oxygen atoms in total. The van der Waals surface area contributed by atoms with Gasteiger partial charge in [-0.05, 0) is 30.5 Å². The normalized spacial score (nSPS) is 11.7. The Morgan fingerprint density at radius 2 is 1.67 bits per heavy atom. The van der Waals surface area contributed by atoms with E-state index in [1.165, 1.54) is 0 Å². The zero-order chi connectivity index (χ0) is 24.1. The molecule has 33 heavy (non-hydrogen) atoms. The first-order valence-electron chi connectivity index (χ1n) is 10.8. The van der Waals surface area contributed by atoms with Crippen LogP contribution in [0.15, 0.2) is 36.4 Å². The van der Waals surface area contributed by atoms with Crippen LogP contribution in [0.1, 0.15) is 38.2 Å². The fraction of sp³-hybridized carbons (Fsp3) is 0.478. The second-order valence-electron chi connectivity index (χ2n) is 7.27. The van der Waals surface area contributed by atoms with Crippen LogP contribution in [0.4, 0.5) is 4.79 Å². The number of hydrogen-bond acceptors (Lipinski definition) is 9. The number of ether oxygens (including phenoxy) is 4. The molecule has 1 aromatic heterocycles. The number of rotatable bonds is 14. The third kappa shape index (κ3) is 9.03. The molecule has 2 aromatic rings. The first-order chi connectivity index (χ1) is 15.9. The van der Waals surface area contributed by atoms with Gasteiger partial charge in [-0.15, -0.1) is 4.73 Å². The quantitative estimate of drug-likeness (QED) is 0.245. The van der Waals surface area contributed by atoms with Gasteiger partial charge in [-0.3, -0.25) is 9.63 Å². The molecule has 1 unspecified atom stereocenters. The lowest BCUT2D eigenvalue weighted by atomic mass is 9.99. The summed E-state index contributed by atoms with van der Waals surface area (Å²) in [5.74, 6) is -1.08. The summed E-state index contributed by atoms with van der Waals surface area (Å²) in [7, 11) is 1.61. The summed E-state index contributed by atoms with van der Waals surface area (Å²) in [6.07, 6.45) is 2.09. The van der Waals surface area contributed by atoms with E-state index in [1.807, 2.05) is 0 Å². The van der Waals surface area contributed by atoms with Gasteiger partial charge in [0.2, 0.25) is 11.8 Å². The van der Waals surface area contributed by atoms with Crippen molar-refractivity contribution in [3.63, 3.8) is 0 Å². The van der Waals surface area contributed by atoms with Crippen molar-refractivity contribution in [2.24, 2.45) is 5.92 Å². The van der Waals surface area contributed by atoms with Crippen LogP contribution in [0.25, 0.3) is 0 Å². The molecule has 10 heteroatoms. The number of esters is 1. The van der Waals surface area contributed by atoms with Crippen LogP contribution < -0.4 is 9.57 Å². The molecule has 0 fully saturated rings. The molecule has 0 aliphatic rings. The molecule has 0 saturated carbocycles. The molecule has 0 aliphatic carbocycles. The number of nitrogens with zero attached hydrogens (tertiary/aromatic N) is 1. The molecule has 0 saturated heterocycles. The van der Waals surface area contributed by atoms with Crippen molar-refractivity contribution in [1.82, 2.24) is 4.73 Å². The maximum absolute atomic E-state index is 12.6. The van der Waals surface area contributed by atoms with Crippen LogP contribution >= 0.6 is 0 Å². The lowest BCUT2D eigenvalue weighted by Gasteiger charge is -2.16.